The lowest BCUT2D eigenvalue weighted by atomic mass is 10.2. The Morgan fingerprint density at radius 1 is 1.17 bits per heavy atom. The predicted molar refractivity (Wildman–Crippen MR) is 134 cm³/mol. The fourth-order valence-corrected chi connectivity index (χ4v) is 4.91. The molecule has 1 amide bonds. The molecule has 0 spiro atoms. The maximum atomic E-state index is 13.3. The lowest BCUT2D eigenvalue weighted by Crippen LogP contribution is -2.30. The number of hydrogen-bond acceptors (Lipinski definition) is 8. The van der Waals surface area contributed by atoms with Crippen molar-refractivity contribution in [3.63, 3.8) is 0 Å². The SMILES string of the molecule is CCOc1ccc2nc(NC(=O)Cn3c(=O)n(C(C)C)c4ccc(-c5noc(C)n5)cc43)sc2c1. The van der Waals surface area contributed by atoms with E-state index in [2.05, 4.69) is 20.4 Å². The van der Waals surface area contributed by atoms with Gasteiger partial charge in [-0.15, -0.1) is 0 Å². The molecule has 2 aromatic carbocycles. The Morgan fingerprint density at radius 2 is 2.00 bits per heavy atom. The molecule has 180 valence electrons. The number of fused-ring (bicyclic) bond motifs is 2. The van der Waals surface area contributed by atoms with Crippen LogP contribution in [0.15, 0.2) is 45.7 Å². The van der Waals surface area contributed by atoms with E-state index in [1.54, 1.807) is 17.6 Å². The summed E-state index contributed by atoms with van der Waals surface area (Å²) >= 11 is 1.35. The van der Waals surface area contributed by atoms with Gasteiger partial charge in [0, 0.05) is 18.5 Å². The lowest BCUT2D eigenvalue weighted by molar-refractivity contribution is -0.116. The number of aryl methyl sites for hydroxylation is 1. The number of carbonyl (C=O) groups is 1. The minimum absolute atomic E-state index is 0.0867. The van der Waals surface area contributed by atoms with Crippen LogP contribution in [0, 0.1) is 6.92 Å². The van der Waals surface area contributed by atoms with Gasteiger partial charge in [0.25, 0.3) is 0 Å². The second-order valence-electron chi connectivity index (χ2n) is 8.30. The third kappa shape index (κ3) is 4.30. The Labute approximate surface area is 204 Å². The number of ether oxygens (including phenoxy) is 1. The van der Waals surface area contributed by atoms with E-state index in [-0.39, 0.29) is 24.2 Å². The van der Waals surface area contributed by atoms with Gasteiger partial charge in [-0.05, 0) is 57.2 Å². The summed E-state index contributed by atoms with van der Waals surface area (Å²) in [5, 5.41) is 7.26. The first-order chi connectivity index (χ1) is 16.8. The topological polar surface area (TPSA) is 117 Å². The smallest absolute Gasteiger partial charge is 0.329 e. The molecule has 10 nitrogen and oxygen atoms in total. The standard InChI is InChI=1S/C24H24N6O4S/c1-5-33-16-7-8-17-20(11-16)35-23(26-17)27-21(31)12-29-19-10-15(22-25-14(4)34-28-22)6-9-18(19)30(13(2)3)24(29)32/h6-11,13H,5,12H2,1-4H3,(H,26,27,31). The van der Waals surface area contributed by atoms with Gasteiger partial charge in [-0.1, -0.05) is 16.5 Å². The molecule has 0 saturated carbocycles. The minimum atomic E-state index is -0.347. The van der Waals surface area contributed by atoms with Gasteiger partial charge in [-0.2, -0.15) is 4.98 Å². The van der Waals surface area contributed by atoms with Crippen molar-refractivity contribution in [1.29, 1.82) is 0 Å². The molecule has 0 bridgehead atoms. The van der Waals surface area contributed by atoms with Crippen LogP contribution in [0.5, 0.6) is 5.75 Å². The molecule has 1 N–H and O–H groups in total. The number of aromatic nitrogens is 5. The molecule has 0 atom stereocenters. The molecule has 5 aromatic rings. The van der Waals surface area contributed by atoms with Crippen molar-refractivity contribution in [3.8, 4) is 17.1 Å². The maximum absolute atomic E-state index is 13.3. The Bertz CT molecular complexity index is 1610. The molecule has 0 aliphatic heterocycles. The van der Waals surface area contributed by atoms with Crippen molar-refractivity contribution in [2.75, 3.05) is 11.9 Å². The van der Waals surface area contributed by atoms with Crippen LogP contribution >= 0.6 is 11.3 Å². The number of nitrogens with one attached hydrogen (secondary N) is 1. The van der Waals surface area contributed by atoms with E-state index >= 15 is 0 Å². The van der Waals surface area contributed by atoms with Gasteiger partial charge >= 0.3 is 5.69 Å². The van der Waals surface area contributed by atoms with E-state index in [1.807, 2.05) is 51.1 Å². The normalized spacial score (nSPS) is 11.6. The van der Waals surface area contributed by atoms with Crippen molar-refractivity contribution < 1.29 is 14.1 Å². The van der Waals surface area contributed by atoms with Crippen LogP contribution in [-0.4, -0.2) is 36.8 Å². The molecular weight excluding hydrogens is 468 g/mol. The fourth-order valence-electron chi connectivity index (χ4n) is 4.00. The highest BCUT2D eigenvalue weighted by atomic mass is 32.1. The van der Waals surface area contributed by atoms with Gasteiger partial charge in [0.15, 0.2) is 5.13 Å². The molecule has 0 aliphatic carbocycles. The average Bonchev–Trinajstić information content (AvgIpc) is 3.49. The summed E-state index contributed by atoms with van der Waals surface area (Å²) in [4.78, 5) is 35.0. The number of imidazole rings is 1. The lowest BCUT2D eigenvalue weighted by Gasteiger charge is -2.06. The highest BCUT2D eigenvalue weighted by molar-refractivity contribution is 7.22. The van der Waals surface area contributed by atoms with Gasteiger partial charge in [-0.25, -0.2) is 9.78 Å². The van der Waals surface area contributed by atoms with Crippen LogP contribution in [0.25, 0.3) is 32.6 Å². The van der Waals surface area contributed by atoms with Crippen molar-refractivity contribution in [1.82, 2.24) is 24.3 Å². The van der Waals surface area contributed by atoms with Crippen LogP contribution in [0.1, 0.15) is 32.7 Å². The van der Waals surface area contributed by atoms with Crippen LogP contribution in [0.4, 0.5) is 5.13 Å². The van der Waals surface area contributed by atoms with E-state index in [9.17, 15) is 9.59 Å². The van der Waals surface area contributed by atoms with Crippen molar-refractivity contribution in [2.24, 2.45) is 0 Å². The first-order valence-electron chi connectivity index (χ1n) is 11.2. The summed E-state index contributed by atoms with van der Waals surface area (Å²) < 4.78 is 14.7. The summed E-state index contributed by atoms with van der Waals surface area (Å²) in [5.41, 5.74) is 2.54. The second kappa shape index (κ2) is 8.99. The Morgan fingerprint density at radius 3 is 2.71 bits per heavy atom. The molecule has 0 saturated heterocycles. The third-order valence-electron chi connectivity index (χ3n) is 5.48. The number of rotatable bonds is 7. The highest BCUT2D eigenvalue weighted by Crippen LogP contribution is 2.29. The summed E-state index contributed by atoms with van der Waals surface area (Å²) in [5.74, 6) is 1.27. The van der Waals surface area contributed by atoms with Crippen LogP contribution in [-0.2, 0) is 11.3 Å². The van der Waals surface area contributed by atoms with E-state index in [4.69, 9.17) is 9.26 Å². The molecule has 11 heteroatoms. The van der Waals surface area contributed by atoms with E-state index in [0.29, 0.717) is 34.5 Å². The fraction of sp³-hybridized carbons (Fsp3) is 0.292. The van der Waals surface area contributed by atoms with Gasteiger partial charge in [-0.3, -0.25) is 13.9 Å². The van der Waals surface area contributed by atoms with Gasteiger partial charge in [0.05, 0.1) is 27.9 Å². The van der Waals surface area contributed by atoms with Crippen molar-refractivity contribution in [3.05, 3.63) is 52.8 Å². The number of amides is 1. The summed E-state index contributed by atoms with van der Waals surface area (Å²) in [6.45, 7) is 7.90. The Hall–Kier alpha value is -3.99. The number of thiazole rings is 1. The summed E-state index contributed by atoms with van der Waals surface area (Å²) in [6, 6.07) is 11.0. The second-order valence-corrected chi connectivity index (χ2v) is 9.33. The minimum Gasteiger partial charge on any atom is -0.494 e. The molecule has 3 aromatic heterocycles. The molecule has 0 fully saturated rings. The van der Waals surface area contributed by atoms with Crippen LogP contribution < -0.4 is 15.7 Å². The third-order valence-corrected chi connectivity index (χ3v) is 6.42. The number of anilines is 1. The predicted octanol–water partition coefficient (Wildman–Crippen LogP) is 4.39. The molecule has 0 unspecified atom stereocenters. The number of nitrogens with zero attached hydrogens (tertiary/aromatic N) is 5. The largest absolute Gasteiger partial charge is 0.494 e. The Balaban J connectivity index is 1.47. The van der Waals surface area contributed by atoms with Crippen LogP contribution in [0.3, 0.4) is 0 Å². The van der Waals surface area contributed by atoms with E-state index < -0.39 is 0 Å². The maximum Gasteiger partial charge on any atom is 0.329 e. The van der Waals surface area contributed by atoms with Crippen molar-refractivity contribution in [2.45, 2.75) is 40.3 Å². The molecule has 3 heterocycles. The number of carbonyl (C=O) groups excluding carboxylic acids is 1. The molecular formula is C24H24N6O4S. The number of benzene rings is 2. The molecule has 5 rings (SSSR count). The van der Waals surface area contributed by atoms with Gasteiger partial charge < -0.3 is 14.6 Å². The van der Waals surface area contributed by atoms with E-state index in [0.717, 1.165) is 21.5 Å². The highest BCUT2D eigenvalue weighted by Gasteiger charge is 2.20. The molecule has 35 heavy (non-hydrogen) atoms. The van der Waals surface area contributed by atoms with Gasteiger partial charge in [0.1, 0.15) is 12.3 Å². The Kier molecular flexibility index (Phi) is 5.85. The molecule has 0 aliphatic rings. The quantitative estimate of drug-likeness (QED) is 0.358. The first kappa shape index (κ1) is 22.8. The van der Waals surface area contributed by atoms with Crippen LogP contribution in [0.2, 0.25) is 0 Å². The first-order valence-corrected chi connectivity index (χ1v) is 12.0. The van der Waals surface area contributed by atoms with E-state index in [1.165, 1.54) is 15.9 Å². The zero-order chi connectivity index (χ0) is 24.7. The number of hydrogen-bond donors (Lipinski definition) is 1. The monoisotopic (exact) mass is 492 g/mol. The average molecular weight is 493 g/mol. The van der Waals surface area contributed by atoms with Crippen molar-refractivity contribution >= 4 is 43.6 Å². The molecule has 0 radical (unpaired) electrons. The summed E-state index contributed by atoms with van der Waals surface area (Å²) in [6.07, 6.45) is 0. The zero-order valence-electron chi connectivity index (χ0n) is 19.7. The van der Waals surface area contributed by atoms with Gasteiger partial charge in [0.2, 0.25) is 17.6 Å². The summed E-state index contributed by atoms with van der Waals surface area (Å²) in [7, 11) is 0. The zero-order valence-corrected chi connectivity index (χ0v) is 20.5.